The van der Waals surface area contributed by atoms with E-state index >= 15 is 0 Å². The average Bonchev–Trinajstić information content (AvgIpc) is 2.77. The van der Waals surface area contributed by atoms with Crippen LogP contribution in [0.25, 0.3) is 0 Å². The Morgan fingerprint density at radius 3 is 3.00 bits per heavy atom. The van der Waals surface area contributed by atoms with Crippen molar-refractivity contribution in [2.45, 2.75) is 6.42 Å². The van der Waals surface area contributed by atoms with Crippen molar-refractivity contribution < 1.29 is 14.0 Å². The highest BCUT2D eigenvalue weighted by Gasteiger charge is 2.19. The Morgan fingerprint density at radius 2 is 2.32 bits per heavy atom. The highest BCUT2D eigenvalue weighted by atomic mass is 19.1. The molecule has 1 aromatic rings. The second kappa shape index (κ2) is 5.55. The van der Waals surface area contributed by atoms with E-state index in [4.69, 9.17) is 5.73 Å². The van der Waals surface area contributed by atoms with Crippen molar-refractivity contribution in [1.29, 1.82) is 0 Å². The Bertz CT molecular complexity index is 507. The van der Waals surface area contributed by atoms with Crippen LogP contribution in [0.15, 0.2) is 18.2 Å². The zero-order valence-corrected chi connectivity index (χ0v) is 10.3. The second-order valence-corrected chi connectivity index (χ2v) is 4.26. The number of benzene rings is 1. The number of nitrogens with one attached hydrogen (secondary N) is 2. The van der Waals surface area contributed by atoms with Crippen molar-refractivity contribution in [3.8, 4) is 0 Å². The summed E-state index contributed by atoms with van der Waals surface area (Å²) >= 11 is 0. The van der Waals surface area contributed by atoms with Crippen LogP contribution >= 0.6 is 0 Å². The molecule has 0 spiro atoms. The van der Waals surface area contributed by atoms with Gasteiger partial charge >= 0.3 is 6.03 Å². The lowest BCUT2D eigenvalue weighted by molar-refractivity contribution is -0.116. The first-order valence-electron chi connectivity index (χ1n) is 5.94. The number of nitrogens with zero attached hydrogens (tertiary/aromatic N) is 1. The maximum Gasteiger partial charge on any atom is 0.317 e. The van der Waals surface area contributed by atoms with Crippen LogP contribution in [0.1, 0.15) is 6.42 Å². The highest BCUT2D eigenvalue weighted by Crippen LogP contribution is 2.17. The SMILES string of the molecule is Nc1ccc(F)c(NC(=O)CCN2CCNC2=O)c1. The minimum atomic E-state index is -0.540. The molecule has 1 aliphatic heterocycles. The van der Waals surface area contributed by atoms with E-state index in [9.17, 15) is 14.0 Å². The molecule has 4 N–H and O–H groups in total. The number of nitrogens with two attached hydrogens (primary N) is 1. The zero-order valence-electron chi connectivity index (χ0n) is 10.3. The largest absolute Gasteiger partial charge is 0.399 e. The molecule has 102 valence electrons. The molecule has 0 saturated carbocycles. The third kappa shape index (κ3) is 3.34. The lowest BCUT2D eigenvalue weighted by atomic mass is 10.2. The number of nitrogen functional groups attached to an aromatic ring is 1. The number of amides is 3. The Kier molecular flexibility index (Phi) is 3.84. The van der Waals surface area contributed by atoms with Crippen LogP contribution in [0.2, 0.25) is 0 Å². The lowest BCUT2D eigenvalue weighted by Gasteiger charge is -2.13. The molecule has 6 nitrogen and oxygen atoms in total. The van der Waals surface area contributed by atoms with E-state index in [1.807, 2.05) is 0 Å². The van der Waals surface area contributed by atoms with Gasteiger partial charge in [0.15, 0.2) is 0 Å². The molecule has 7 heteroatoms. The van der Waals surface area contributed by atoms with Crippen LogP contribution in [-0.4, -0.2) is 36.5 Å². The summed E-state index contributed by atoms with van der Waals surface area (Å²) in [6.45, 7) is 1.48. The third-order valence-electron chi connectivity index (χ3n) is 2.82. The topological polar surface area (TPSA) is 87.5 Å². The van der Waals surface area contributed by atoms with Crippen LogP contribution in [0.4, 0.5) is 20.6 Å². The summed E-state index contributed by atoms with van der Waals surface area (Å²) in [7, 11) is 0. The van der Waals surface area contributed by atoms with Crippen LogP contribution in [0, 0.1) is 5.82 Å². The molecule has 1 aromatic carbocycles. The van der Waals surface area contributed by atoms with Gasteiger partial charge in [0.05, 0.1) is 5.69 Å². The molecule has 2 rings (SSSR count). The Hall–Kier alpha value is -2.31. The summed E-state index contributed by atoms with van der Waals surface area (Å²) in [5, 5.41) is 5.08. The number of hydrogen-bond donors (Lipinski definition) is 3. The van der Waals surface area contributed by atoms with Gasteiger partial charge in [-0.05, 0) is 18.2 Å². The van der Waals surface area contributed by atoms with E-state index in [0.717, 1.165) is 0 Å². The standard InChI is InChI=1S/C12H15FN4O2/c13-9-2-1-8(14)7-10(9)16-11(18)3-5-17-6-4-15-12(17)19/h1-2,7H,3-6,14H2,(H,15,19)(H,16,18). The molecule has 0 aliphatic carbocycles. The molecular weight excluding hydrogens is 251 g/mol. The lowest BCUT2D eigenvalue weighted by Crippen LogP contribution is -2.31. The normalized spacial score (nSPS) is 14.4. The van der Waals surface area contributed by atoms with Crippen molar-refractivity contribution in [2.75, 3.05) is 30.7 Å². The molecule has 1 saturated heterocycles. The van der Waals surface area contributed by atoms with Crippen molar-refractivity contribution >= 4 is 23.3 Å². The van der Waals surface area contributed by atoms with E-state index in [-0.39, 0.29) is 24.0 Å². The maximum atomic E-state index is 13.4. The number of anilines is 2. The van der Waals surface area contributed by atoms with Gasteiger partial charge in [-0.1, -0.05) is 0 Å². The highest BCUT2D eigenvalue weighted by molar-refractivity contribution is 5.91. The van der Waals surface area contributed by atoms with Gasteiger partial charge in [0, 0.05) is 31.7 Å². The quantitative estimate of drug-likeness (QED) is 0.703. The molecule has 1 heterocycles. The number of halogens is 1. The maximum absolute atomic E-state index is 13.4. The molecule has 1 fully saturated rings. The van der Waals surface area contributed by atoms with Gasteiger partial charge in [0.1, 0.15) is 5.82 Å². The molecule has 0 radical (unpaired) electrons. The monoisotopic (exact) mass is 266 g/mol. The smallest absolute Gasteiger partial charge is 0.317 e. The number of urea groups is 1. The minimum Gasteiger partial charge on any atom is -0.399 e. The van der Waals surface area contributed by atoms with Gasteiger partial charge in [0.2, 0.25) is 5.91 Å². The predicted molar refractivity (Wildman–Crippen MR) is 69.0 cm³/mol. The Balaban J connectivity index is 1.87. The number of rotatable bonds is 4. The summed E-state index contributed by atoms with van der Waals surface area (Å²) in [4.78, 5) is 24.4. The van der Waals surface area contributed by atoms with Crippen molar-refractivity contribution in [3.05, 3.63) is 24.0 Å². The summed E-state index contributed by atoms with van der Waals surface area (Å²) in [6, 6.07) is 3.79. The van der Waals surface area contributed by atoms with Crippen LogP contribution < -0.4 is 16.4 Å². The fraction of sp³-hybridized carbons (Fsp3) is 0.333. The first-order chi connectivity index (χ1) is 9.06. The summed E-state index contributed by atoms with van der Waals surface area (Å²) in [6.07, 6.45) is 0.113. The molecule has 0 unspecified atom stereocenters. The summed E-state index contributed by atoms with van der Waals surface area (Å²) < 4.78 is 13.4. The number of carbonyl (C=O) groups is 2. The van der Waals surface area contributed by atoms with E-state index in [1.165, 1.54) is 23.1 Å². The molecule has 19 heavy (non-hydrogen) atoms. The van der Waals surface area contributed by atoms with Crippen molar-refractivity contribution in [2.24, 2.45) is 0 Å². The molecular formula is C12H15FN4O2. The van der Waals surface area contributed by atoms with Gasteiger partial charge in [-0.25, -0.2) is 9.18 Å². The van der Waals surface area contributed by atoms with E-state index in [1.54, 1.807) is 0 Å². The first-order valence-corrected chi connectivity index (χ1v) is 5.94. The minimum absolute atomic E-state index is 0.0517. The summed E-state index contributed by atoms with van der Waals surface area (Å²) in [5.74, 6) is -0.898. The third-order valence-corrected chi connectivity index (χ3v) is 2.82. The Labute approximate surface area is 109 Å². The zero-order chi connectivity index (χ0) is 13.8. The van der Waals surface area contributed by atoms with Crippen LogP contribution in [0.3, 0.4) is 0 Å². The van der Waals surface area contributed by atoms with Gasteiger partial charge in [-0.3, -0.25) is 4.79 Å². The van der Waals surface area contributed by atoms with E-state index in [0.29, 0.717) is 25.3 Å². The average molecular weight is 266 g/mol. The molecule has 0 atom stereocenters. The molecule has 0 aromatic heterocycles. The van der Waals surface area contributed by atoms with Gasteiger partial charge in [-0.2, -0.15) is 0 Å². The van der Waals surface area contributed by atoms with Crippen molar-refractivity contribution in [3.63, 3.8) is 0 Å². The fourth-order valence-corrected chi connectivity index (χ4v) is 1.81. The van der Waals surface area contributed by atoms with Gasteiger partial charge in [-0.15, -0.1) is 0 Å². The van der Waals surface area contributed by atoms with Crippen LogP contribution in [0.5, 0.6) is 0 Å². The Morgan fingerprint density at radius 1 is 1.53 bits per heavy atom. The van der Waals surface area contributed by atoms with Gasteiger partial charge < -0.3 is 21.3 Å². The number of carbonyl (C=O) groups excluding carboxylic acids is 2. The second-order valence-electron chi connectivity index (χ2n) is 4.26. The van der Waals surface area contributed by atoms with E-state index < -0.39 is 5.82 Å². The van der Waals surface area contributed by atoms with Gasteiger partial charge in [0.25, 0.3) is 0 Å². The predicted octanol–water partition coefficient (Wildman–Crippen LogP) is 0.762. The summed E-state index contributed by atoms with van der Waals surface area (Å²) in [5.41, 5.74) is 5.94. The van der Waals surface area contributed by atoms with Crippen LogP contribution in [-0.2, 0) is 4.79 Å². The fourth-order valence-electron chi connectivity index (χ4n) is 1.81. The number of hydrogen-bond acceptors (Lipinski definition) is 3. The molecule has 0 bridgehead atoms. The van der Waals surface area contributed by atoms with E-state index in [2.05, 4.69) is 10.6 Å². The first kappa shape index (κ1) is 13.1. The molecule has 3 amide bonds. The molecule has 1 aliphatic rings. The van der Waals surface area contributed by atoms with Crippen molar-refractivity contribution in [1.82, 2.24) is 10.2 Å².